The SMILES string of the molecule is CC(C)CCN(CCCO)CCCO. The molecule has 0 aromatic heterocycles. The molecule has 3 nitrogen and oxygen atoms in total. The zero-order valence-electron chi connectivity index (χ0n) is 9.58. The lowest BCUT2D eigenvalue weighted by Gasteiger charge is -2.22. The molecular weight excluding hydrogens is 178 g/mol. The third kappa shape index (κ3) is 8.48. The number of hydrogen-bond acceptors (Lipinski definition) is 3. The Morgan fingerprint density at radius 2 is 1.43 bits per heavy atom. The number of aliphatic hydroxyl groups excluding tert-OH is 2. The van der Waals surface area contributed by atoms with Crippen molar-refractivity contribution < 1.29 is 10.2 Å². The molecule has 0 heterocycles. The Kier molecular flexibility index (Phi) is 9.35. The first-order valence-corrected chi connectivity index (χ1v) is 5.64. The van der Waals surface area contributed by atoms with Crippen molar-refractivity contribution in [1.82, 2.24) is 4.90 Å². The van der Waals surface area contributed by atoms with Gasteiger partial charge in [-0.2, -0.15) is 0 Å². The van der Waals surface area contributed by atoms with Crippen LogP contribution in [0.1, 0.15) is 33.1 Å². The molecule has 0 aliphatic heterocycles. The fourth-order valence-electron chi connectivity index (χ4n) is 1.36. The fraction of sp³-hybridized carbons (Fsp3) is 1.00. The van der Waals surface area contributed by atoms with Crippen molar-refractivity contribution in [3.8, 4) is 0 Å². The second-order valence-electron chi connectivity index (χ2n) is 4.18. The van der Waals surface area contributed by atoms with Crippen LogP contribution in [0.4, 0.5) is 0 Å². The predicted octanol–water partition coefficient (Wildman–Crippen LogP) is 1.10. The van der Waals surface area contributed by atoms with Crippen molar-refractivity contribution in [2.75, 3.05) is 32.8 Å². The van der Waals surface area contributed by atoms with E-state index in [1.165, 1.54) is 6.42 Å². The van der Waals surface area contributed by atoms with E-state index in [1.54, 1.807) is 0 Å². The van der Waals surface area contributed by atoms with Crippen LogP contribution in [0, 0.1) is 5.92 Å². The van der Waals surface area contributed by atoms with Crippen molar-refractivity contribution >= 4 is 0 Å². The average molecular weight is 203 g/mol. The Balaban J connectivity index is 3.60. The van der Waals surface area contributed by atoms with E-state index in [0.717, 1.165) is 38.4 Å². The maximum atomic E-state index is 8.74. The molecule has 0 aromatic rings. The number of nitrogens with zero attached hydrogens (tertiary/aromatic N) is 1. The summed E-state index contributed by atoms with van der Waals surface area (Å²) in [5.74, 6) is 0.723. The van der Waals surface area contributed by atoms with Crippen LogP contribution in [-0.2, 0) is 0 Å². The van der Waals surface area contributed by atoms with Crippen LogP contribution in [0.5, 0.6) is 0 Å². The molecule has 0 radical (unpaired) electrons. The monoisotopic (exact) mass is 203 g/mol. The molecule has 0 bridgehead atoms. The first kappa shape index (κ1) is 13.9. The summed E-state index contributed by atoms with van der Waals surface area (Å²) in [7, 11) is 0. The quantitative estimate of drug-likeness (QED) is 0.590. The molecule has 3 heteroatoms. The van der Waals surface area contributed by atoms with E-state index in [1.807, 2.05) is 0 Å². The molecule has 0 unspecified atom stereocenters. The van der Waals surface area contributed by atoms with E-state index >= 15 is 0 Å². The van der Waals surface area contributed by atoms with Gasteiger partial charge >= 0.3 is 0 Å². The lowest BCUT2D eigenvalue weighted by molar-refractivity contribution is 0.195. The lowest BCUT2D eigenvalue weighted by atomic mass is 10.1. The van der Waals surface area contributed by atoms with Gasteiger partial charge in [-0.15, -0.1) is 0 Å². The highest BCUT2D eigenvalue weighted by Crippen LogP contribution is 2.03. The van der Waals surface area contributed by atoms with E-state index in [4.69, 9.17) is 10.2 Å². The zero-order chi connectivity index (χ0) is 10.8. The van der Waals surface area contributed by atoms with Gasteiger partial charge in [-0.05, 0) is 31.7 Å². The van der Waals surface area contributed by atoms with Gasteiger partial charge in [-0.25, -0.2) is 0 Å². The third-order valence-corrected chi connectivity index (χ3v) is 2.29. The van der Waals surface area contributed by atoms with Crippen LogP contribution in [0.3, 0.4) is 0 Å². The summed E-state index contributed by atoms with van der Waals surface area (Å²) in [5, 5.41) is 17.5. The number of aliphatic hydroxyl groups is 2. The van der Waals surface area contributed by atoms with Crippen molar-refractivity contribution in [2.45, 2.75) is 33.1 Å². The minimum absolute atomic E-state index is 0.261. The highest BCUT2D eigenvalue weighted by Gasteiger charge is 2.04. The maximum Gasteiger partial charge on any atom is 0.0443 e. The van der Waals surface area contributed by atoms with Crippen LogP contribution in [0.2, 0.25) is 0 Å². The summed E-state index contributed by atoms with van der Waals surface area (Å²) in [4.78, 5) is 2.33. The van der Waals surface area contributed by atoms with Gasteiger partial charge in [-0.3, -0.25) is 0 Å². The summed E-state index contributed by atoms with van der Waals surface area (Å²) >= 11 is 0. The van der Waals surface area contributed by atoms with Crippen molar-refractivity contribution in [2.24, 2.45) is 5.92 Å². The Labute approximate surface area is 87.7 Å². The summed E-state index contributed by atoms with van der Waals surface area (Å²) in [5.41, 5.74) is 0. The predicted molar refractivity (Wildman–Crippen MR) is 59.3 cm³/mol. The molecule has 0 aromatic carbocycles. The van der Waals surface area contributed by atoms with Gasteiger partial charge in [0.05, 0.1) is 0 Å². The molecule has 0 rings (SSSR count). The van der Waals surface area contributed by atoms with Gasteiger partial charge < -0.3 is 15.1 Å². The molecule has 0 fully saturated rings. The molecule has 2 N–H and O–H groups in total. The smallest absolute Gasteiger partial charge is 0.0443 e. The van der Waals surface area contributed by atoms with E-state index in [0.29, 0.717) is 0 Å². The second-order valence-corrected chi connectivity index (χ2v) is 4.18. The highest BCUT2D eigenvalue weighted by atomic mass is 16.3. The largest absolute Gasteiger partial charge is 0.396 e. The Morgan fingerprint density at radius 3 is 1.79 bits per heavy atom. The van der Waals surface area contributed by atoms with E-state index in [2.05, 4.69) is 18.7 Å². The molecule has 0 amide bonds. The lowest BCUT2D eigenvalue weighted by Crippen LogP contribution is -2.29. The van der Waals surface area contributed by atoms with Gasteiger partial charge in [0.25, 0.3) is 0 Å². The zero-order valence-corrected chi connectivity index (χ0v) is 9.58. The number of hydrogen-bond donors (Lipinski definition) is 2. The molecule has 0 saturated carbocycles. The van der Waals surface area contributed by atoms with Crippen LogP contribution in [0.15, 0.2) is 0 Å². The van der Waals surface area contributed by atoms with Gasteiger partial charge in [0.1, 0.15) is 0 Å². The maximum absolute atomic E-state index is 8.74. The van der Waals surface area contributed by atoms with E-state index in [9.17, 15) is 0 Å². The van der Waals surface area contributed by atoms with E-state index in [-0.39, 0.29) is 13.2 Å². The number of rotatable bonds is 9. The standard InChI is InChI=1S/C11H25NO2/c1-11(2)5-8-12(6-3-9-13)7-4-10-14/h11,13-14H,3-10H2,1-2H3. The van der Waals surface area contributed by atoms with Gasteiger partial charge in [0, 0.05) is 26.3 Å². The molecule has 14 heavy (non-hydrogen) atoms. The van der Waals surface area contributed by atoms with E-state index < -0.39 is 0 Å². The second kappa shape index (κ2) is 9.44. The summed E-state index contributed by atoms with van der Waals surface area (Å²) in [6.45, 7) is 7.94. The molecular formula is C11H25NO2. The normalized spacial score (nSPS) is 11.6. The Morgan fingerprint density at radius 1 is 0.929 bits per heavy atom. The molecule has 0 saturated heterocycles. The minimum atomic E-state index is 0.261. The first-order valence-electron chi connectivity index (χ1n) is 5.64. The van der Waals surface area contributed by atoms with Crippen molar-refractivity contribution in [1.29, 1.82) is 0 Å². The Bertz CT molecular complexity index is 110. The van der Waals surface area contributed by atoms with Crippen LogP contribution in [0.25, 0.3) is 0 Å². The van der Waals surface area contributed by atoms with Gasteiger partial charge in [-0.1, -0.05) is 13.8 Å². The fourth-order valence-corrected chi connectivity index (χ4v) is 1.36. The highest BCUT2D eigenvalue weighted by molar-refractivity contribution is 4.59. The molecule has 0 atom stereocenters. The molecule has 0 spiro atoms. The summed E-state index contributed by atoms with van der Waals surface area (Å²) in [6, 6.07) is 0. The van der Waals surface area contributed by atoms with Crippen LogP contribution in [-0.4, -0.2) is 48.0 Å². The van der Waals surface area contributed by atoms with Gasteiger partial charge in [0.15, 0.2) is 0 Å². The third-order valence-electron chi connectivity index (χ3n) is 2.29. The Hall–Kier alpha value is -0.120. The minimum Gasteiger partial charge on any atom is -0.396 e. The topological polar surface area (TPSA) is 43.7 Å². The van der Waals surface area contributed by atoms with Crippen molar-refractivity contribution in [3.63, 3.8) is 0 Å². The average Bonchev–Trinajstić information content (AvgIpc) is 2.16. The summed E-state index contributed by atoms with van der Waals surface area (Å²) in [6.07, 6.45) is 2.86. The van der Waals surface area contributed by atoms with Crippen LogP contribution >= 0.6 is 0 Å². The molecule has 0 aliphatic carbocycles. The van der Waals surface area contributed by atoms with Crippen molar-refractivity contribution in [3.05, 3.63) is 0 Å². The van der Waals surface area contributed by atoms with Gasteiger partial charge in [0.2, 0.25) is 0 Å². The summed E-state index contributed by atoms with van der Waals surface area (Å²) < 4.78 is 0. The molecule has 0 aliphatic rings. The van der Waals surface area contributed by atoms with Crippen LogP contribution < -0.4 is 0 Å². The molecule has 86 valence electrons. The first-order chi connectivity index (χ1) is 6.70.